The first-order valence-electron chi connectivity index (χ1n) is 4.81. The summed E-state index contributed by atoms with van der Waals surface area (Å²) in [7, 11) is 3.93. The van der Waals surface area contributed by atoms with Crippen molar-refractivity contribution in [3.8, 4) is 0 Å². The number of halogens is 1. The predicted molar refractivity (Wildman–Crippen MR) is 56.7 cm³/mol. The monoisotopic (exact) mass is 187 g/mol. The van der Waals surface area contributed by atoms with Crippen molar-refractivity contribution < 1.29 is 4.39 Å². The summed E-state index contributed by atoms with van der Waals surface area (Å²) in [5.74, 6) is 0. The van der Waals surface area contributed by atoms with Gasteiger partial charge in [0.2, 0.25) is 0 Å². The lowest BCUT2D eigenvalue weighted by molar-refractivity contribution is 0.146. The van der Waals surface area contributed by atoms with E-state index in [1.165, 1.54) is 0 Å². The van der Waals surface area contributed by atoms with Crippen molar-refractivity contribution in [3.63, 3.8) is 0 Å². The quantitative estimate of drug-likeness (QED) is 0.578. The maximum Gasteiger partial charge on any atom is 0.109 e. The Bertz CT molecular complexity index is 161. The highest BCUT2D eigenvalue weighted by molar-refractivity contribution is 4.90. The van der Waals surface area contributed by atoms with Gasteiger partial charge in [0.05, 0.1) is 0 Å². The molecule has 1 unspecified atom stereocenters. The van der Waals surface area contributed by atoms with E-state index in [0.717, 1.165) is 18.5 Å². The molecule has 1 nitrogen and oxygen atoms in total. The summed E-state index contributed by atoms with van der Waals surface area (Å²) in [6.07, 6.45) is 1.99. The van der Waals surface area contributed by atoms with Gasteiger partial charge in [-0.05, 0) is 47.2 Å². The fraction of sp³-hybridized carbons (Fsp3) is 0.818. The van der Waals surface area contributed by atoms with Crippen LogP contribution in [0.15, 0.2) is 12.2 Å². The maximum absolute atomic E-state index is 13.7. The lowest BCUT2D eigenvalue weighted by atomic mass is 9.96. The van der Waals surface area contributed by atoms with Crippen LogP contribution in [0, 0.1) is 0 Å². The van der Waals surface area contributed by atoms with Gasteiger partial charge in [-0.25, -0.2) is 4.39 Å². The first-order valence-corrected chi connectivity index (χ1v) is 4.81. The van der Waals surface area contributed by atoms with Crippen LogP contribution in [0.4, 0.5) is 4.39 Å². The van der Waals surface area contributed by atoms with Gasteiger partial charge in [-0.15, -0.1) is 6.58 Å². The van der Waals surface area contributed by atoms with Crippen LogP contribution in [0.25, 0.3) is 0 Å². The van der Waals surface area contributed by atoms with Crippen LogP contribution in [0.1, 0.15) is 33.1 Å². The lowest BCUT2D eigenvalue weighted by Gasteiger charge is -2.22. The number of rotatable bonds is 6. The van der Waals surface area contributed by atoms with Crippen molar-refractivity contribution in [2.24, 2.45) is 0 Å². The number of nitrogens with zero attached hydrogens (tertiary/aromatic N) is 1. The minimum atomic E-state index is -1.04. The van der Waals surface area contributed by atoms with Crippen LogP contribution in [0.3, 0.4) is 0 Å². The van der Waals surface area contributed by atoms with E-state index in [1.807, 2.05) is 25.9 Å². The van der Waals surface area contributed by atoms with Crippen molar-refractivity contribution in [1.82, 2.24) is 4.90 Å². The minimum absolute atomic E-state index is 0.593. The molecular formula is C11H22FN. The van der Waals surface area contributed by atoms with Gasteiger partial charge in [0.1, 0.15) is 5.67 Å². The zero-order chi connectivity index (χ0) is 10.5. The Morgan fingerprint density at radius 2 is 1.92 bits per heavy atom. The molecule has 0 N–H and O–H groups in total. The molecule has 0 saturated carbocycles. The Balaban J connectivity index is 3.72. The van der Waals surface area contributed by atoms with E-state index in [9.17, 15) is 4.39 Å². The van der Waals surface area contributed by atoms with Crippen molar-refractivity contribution in [3.05, 3.63) is 12.2 Å². The Morgan fingerprint density at radius 3 is 2.31 bits per heavy atom. The van der Waals surface area contributed by atoms with E-state index >= 15 is 0 Å². The van der Waals surface area contributed by atoms with Gasteiger partial charge < -0.3 is 4.90 Å². The summed E-state index contributed by atoms with van der Waals surface area (Å²) in [4.78, 5) is 2.01. The molecule has 13 heavy (non-hydrogen) atoms. The second-order valence-electron chi connectivity index (χ2n) is 4.42. The summed E-state index contributed by atoms with van der Waals surface area (Å²) in [6.45, 7) is 8.21. The highest BCUT2D eigenvalue weighted by atomic mass is 19.1. The average molecular weight is 187 g/mol. The molecule has 0 aromatic rings. The first-order chi connectivity index (χ1) is 5.83. The molecule has 0 rings (SSSR count). The largest absolute Gasteiger partial charge is 0.309 e. The zero-order valence-electron chi connectivity index (χ0n) is 9.36. The van der Waals surface area contributed by atoms with Crippen LogP contribution in [-0.2, 0) is 0 Å². The average Bonchev–Trinajstić information content (AvgIpc) is 1.98. The smallest absolute Gasteiger partial charge is 0.109 e. The lowest BCUT2D eigenvalue weighted by Crippen LogP contribution is -2.25. The molecule has 0 aromatic heterocycles. The van der Waals surface area contributed by atoms with Crippen LogP contribution >= 0.6 is 0 Å². The van der Waals surface area contributed by atoms with Crippen LogP contribution in [-0.4, -0.2) is 31.2 Å². The Kier molecular flexibility index (Phi) is 5.23. The summed E-state index contributed by atoms with van der Waals surface area (Å²) >= 11 is 0. The number of hydrogen-bond donors (Lipinski definition) is 0. The fourth-order valence-corrected chi connectivity index (χ4v) is 1.06. The highest BCUT2D eigenvalue weighted by Gasteiger charge is 2.22. The first kappa shape index (κ1) is 12.6. The fourth-order valence-electron chi connectivity index (χ4n) is 1.06. The van der Waals surface area contributed by atoms with Crippen molar-refractivity contribution in [2.75, 3.05) is 20.6 Å². The SMILES string of the molecule is C=C(C)CCC(C)(F)CCN(C)C. The summed E-state index contributed by atoms with van der Waals surface area (Å²) in [5.41, 5.74) is 0.0252. The molecule has 0 bridgehead atoms. The number of allylic oxidation sites excluding steroid dienone is 1. The normalized spacial score (nSPS) is 15.8. The minimum Gasteiger partial charge on any atom is -0.309 e. The third kappa shape index (κ3) is 7.97. The van der Waals surface area contributed by atoms with Gasteiger partial charge in [0.15, 0.2) is 0 Å². The second-order valence-corrected chi connectivity index (χ2v) is 4.42. The molecule has 0 heterocycles. The molecule has 0 radical (unpaired) electrons. The van der Waals surface area contributed by atoms with E-state index < -0.39 is 5.67 Å². The third-order valence-corrected chi connectivity index (χ3v) is 2.15. The van der Waals surface area contributed by atoms with Crippen molar-refractivity contribution >= 4 is 0 Å². The molecule has 0 aliphatic heterocycles. The highest BCUT2D eigenvalue weighted by Crippen LogP contribution is 2.23. The molecule has 0 aliphatic rings. The number of hydrogen-bond acceptors (Lipinski definition) is 1. The molecule has 1 atom stereocenters. The number of alkyl halides is 1. The molecule has 0 amide bonds. The molecule has 0 fully saturated rings. The van der Waals surface area contributed by atoms with Gasteiger partial charge in [-0.3, -0.25) is 0 Å². The molecular weight excluding hydrogens is 165 g/mol. The predicted octanol–water partition coefficient (Wildman–Crippen LogP) is 3.02. The molecule has 0 saturated heterocycles. The molecule has 78 valence electrons. The van der Waals surface area contributed by atoms with Crippen LogP contribution < -0.4 is 0 Å². The standard InChI is InChI=1S/C11H22FN/c1-10(2)6-7-11(3,12)8-9-13(4)5/h1,6-9H2,2-5H3. The van der Waals surface area contributed by atoms with Crippen molar-refractivity contribution in [2.45, 2.75) is 38.8 Å². The van der Waals surface area contributed by atoms with Gasteiger partial charge >= 0.3 is 0 Å². The summed E-state index contributed by atoms with van der Waals surface area (Å²) in [6, 6.07) is 0. The van der Waals surface area contributed by atoms with E-state index in [2.05, 4.69) is 6.58 Å². The van der Waals surface area contributed by atoms with E-state index in [0.29, 0.717) is 12.8 Å². The van der Waals surface area contributed by atoms with Gasteiger partial charge in [-0.2, -0.15) is 0 Å². The van der Waals surface area contributed by atoms with Crippen LogP contribution in [0.2, 0.25) is 0 Å². The van der Waals surface area contributed by atoms with Gasteiger partial charge in [-0.1, -0.05) is 5.57 Å². The van der Waals surface area contributed by atoms with Crippen molar-refractivity contribution in [1.29, 1.82) is 0 Å². The van der Waals surface area contributed by atoms with E-state index in [4.69, 9.17) is 0 Å². The van der Waals surface area contributed by atoms with E-state index in [-0.39, 0.29) is 0 Å². The summed E-state index contributed by atoms with van der Waals surface area (Å²) in [5, 5.41) is 0. The topological polar surface area (TPSA) is 3.24 Å². The summed E-state index contributed by atoms with van der Waals surface area (Å²) < 4.78 is 13.7. The molecule has 0 aromatic carbocycles. The second kappa shape index (κ2) is 5.38. The zero-order valence-corrected chi connectivity index (χ0v) is 9.36. The van der Waals surface area contributed by atoms with Gasteiger partial charge in [0, 0.05) is 6.54 Å². The molecule has 0 spiro atoms. The van der Waals surface area contributed by atoms with E-state index in [1.54, 1.807) is 6.92 Å². The van der Waals surface area contributed by atoms with Gasteiger partial charge in [0.25, 0.3) is 0 Å². The Hall–Kier alpha value is -0.370. The molecule has 2 heteroatoms. The third-order valence-electron chi connectivity index (χ3n) is 2.15. The van der Waals surface area contributed by atoms with Crippen LogP contribution in [0.5, 0.6) is 0 Å². The maximum atomic E-state index is 13.7. The molecule has 0 aliphatic carbocycles. The Labute approximate surface area is 81.6 Å². The Morgan fingerprint density at radius 1 is 1.38 bits per heavy atom.